The lowest BCUT2D eigenvalue weighted by Gasteiger charge is -2.37. The van der Waals surface area contributed by atoms with Crippen molar-refractivity contribution in [1.29, 1.82) is 0 Å². The van der Waals surface area contributed by atoms with Crippen molar-refractivity contribution in [3.8, 4) is 0 Å². The molecule has 1 unspecified atom stereocenters. The van der Waals surface area contributed by atoms with Crippen molar-refractivity contribution >= 4 is 16.6 Å². The van der Waals surface area contributed by atoms with Gasteiger partial charge in [0.25, 0.3) is 0 Å². The second-order valence-electron chi connectivity index (χ2n) is 4.65. The Bertz CT molecular complexity index is 522. The van der Waals surface area contributed by atoms with Crippen LogP contribution in [0.2, 0.25) is 0 Å². The second kappa shape index (κ2) is 4.96. The average molecular weight is 246 g/mol. The minimum absolute atomic E-state index is 0.396. The number of ether oxygens (including phenoxy) is 1. The van der Waals surface area contributed by atoms with Gasteiger partial charge in [-0.2, -0.15) is 5.10 Å². The average Bonchev–Trinajstić information content (AvgIpc) is 2.87. The first kappa shape index (κ1) is 11.5. The molecule has 3 rings (SSSR count). The minimum atomic E-state index is 0.396. The van der Waals surface area contributed by atoms with Crippen LogP contribution in [-0.4, -0.2) is 49.6 Å². The fraction of sp³-hybridized carbons (Fsp3) is 0.462. The molecule has 2 heterocycles. The predicted octanol–water partition coefficient (Wildman–Crippen LogP) is 0.987. The van der Waals surface area contributed by atoms with Crippen LogP contribution in [0.4, 0.5) is 5.69 Å². The lowest BCUT2D eigenvalue weighted by Crippen LogP contribution is -2.53. The van der Waals surface area contributed by atoms with Crippen LogP contribution in [0.15, 0.2) is 24.4 Å². The maximum atomic E-state index is 5.31. The molecule has 0 aliphatic carbocycles. The highest BCUT2D eigenvalue weighted by molar-refractivity contribution is 5.82. The summed E-state index contributed by atoms with van der Waals surface area (Å²) in [7, 11) is 1.76. The third kappa shape index (κ3) is 2.07. The number of nitrogens with one attached hydrogen (secondary N) is 2. The van der Waals surface area contributed by atoms with Crippen LogP contribution in [0.1, 0.15) is 0 Å². The van der Waals surface area contributed by atoms with Crippen LogP contribution < -0.4 is 10.2 Å². The third-order valence-electron chi connectivity index (χ3n) is 3.46. The molecular weight excluding hydrogens is 228 g/mol. The summed E-state index contributed by atoms with van der Waals surface area (Å²) >= 11 is 0. The van der Waals surface area contributed by atoms with Gasteiger partial charge in [0.15, 0.2) is 0 Å². The van der Waals surface area contributed by atoms with Crippen LogP contribution in [0.3, 0.4) is 0 Å². The number of hydrogen-bond donors (Lipinski definition) is 2. The summed E-state index contributed by atoms with van der Waals surface area (Å²) in [5, 5.41) is 11.6. The van der Waals surface area contributed by atoms with Crippen molar-refractivity contribution in [2.75, 3.05) is 38.3 Å². The van der Waals surface area contributed by atoms with E-state index in [1.165, 1.54) is 5.69 Å². The van der Waals surface area contributed by atoms with Crippen LogP contribution >= 0.6 is 0 Å². The molecule has 2 aromatic rings. The molecule has 0 amide bonds. The number of nitrogens with zero attached hydrogens (tertiary/aromatic N) is 2. The fourth-order valence-electron chi connectivity index (χ4n) is 2.55. The first-order valence-corrected chi connectivity index (χ1v) is 6.28. The Morgan fingerprint density at radius 1 is 1.50 bits per heavy atom. The van der Waals surface area contributed by atoms with Gasteiger partial charge in [-0.3, -0.25) is 5.10 Å². The number of fused-ring (bicyclic) bond motifs is 1. The Labute approximate surface area is 106 Å². The van der Waals surface area contributed by atoms with Crippen molar-refractivity contribution in [1.82, 2.24) is 15.5 Å². The van der Waals surface area contributed by atoms with Crippen LogP contribution in [0.25, 0.3) is 10.9 Å². The quantitative estimate of drug-likeness (QED) is 0.848. The number of benzene rings is 1. The van der Waals surface area contributed by atoms with Crippen LogP contribution in [-0.2, 0) is 4.74 Å². The molecule has 1 aromatic carbocycles. The Kier molecular flexibility index (Phi) is 3.17. The summed E-state index contributed by atoms with van der Waals surface area (Å²) in [5.41, 5.74) is 2.32. The van der Waals surface area contributed by atoms with E-state index in [9.17, 15) is 0 Å². The molecule has 1 aliphatic rings. The molecule has 5 heteroatoms. The number of anilines is 1. The maximum Gasteiger partial charge on any atom is 0.0678 e. The van der Waals surface area contributed by atoms with E-state index >= 15 is 0 Å². The molecule has 0 saturated carbocycles. The molecule has 1 aromatic heterocycles. The summed E-state index contributed by atoms with van der Waals surface area (Å²) in [6.07, 6.45) is 1.87. The van der Waals surface area contributed by atoms with Gasteiger partial charge in [-0.15, -0.1) is 0 Å². The number of hydrogen-bond acceptors (Lipinski definition) is 4. The van der Waals surface area contributed by atoms with Crippen molar-refractivity contribution in [2.24, 2.45) is 0 Å². The molecular formula is C13H18N4O. The van der Waals surface area contributed by atoms with E-state index in [1.54, 1.807) is 7.11 Å². The Hall–Kier alpha value is -1.59. The Morgan fingerprint density at radius 3 is 3.33 bits per heavy atom. The Balaban J connectivity index is 1.90. The lowest BCUT2D eigenvalue weighted by molar-refractivity contribution is 0.170. The Morgan fingerprint density at radius 2 is 2.44 bits per heavy atom. The maximum absolute atomic E-state index is 5.31. The molecule has 1 fully saturated rings. The van der Waals surface area contributed by atoms with Gasteiger partial charge in [0.05, 0.1) is 24.4 Å². The zero-order valence-corrected chi connectivity index (χ0v) is 10.5. The van der Waals surface area contributed by atoms with Crippen molar-refractivity contribution < 1.29 is 4.74 Å². The number of rotatable bonds is 3. The highest BCUT2D eigenvalue weighted by atomic mass is 16.5. The number of methoxy groups -OCH3 is 1. The van der Waals surface area contributed by atoms with E-state index in [-0.39, 0.29) is 0 Å². The summed E-state index contributed by atoms with van der Waals surface area (Å²) < 4.78 is 5.31. The summed E-state index contributed by atoms with van der Waals surface area (Å²) in [4.78, 5) is 2.41. The van der Waals surface area contributed by atoms with Gasteiger partial charge in [-0.1, -0.05) is 0 Å². The molecule has 0 bridgehead atoms. The highest BCUT2D eigenvalue weighted by Crippen LogP contribution is 2.23. The third-order valence-corrected chi connectivity index (χ3v) is 3.46. The lowest BCUT2D eigenvalue weighted by atomic mass is 10.1. The predicted molar refractivity (Wildman–Crippen MR) is 72.0 cm³/mol. The number of piperazine rings is 1. The van der Waals surface area contributed by atoms with Crippen molar-refractivity contribution in [3.63, 3.8) is 0 Å². The molecule has 5 nitrogen and oxygen atoms in total. The van der Waals surface area contributed by atoms with Gasteiger partial charge in [-0.05, 0) is 18.2 Å². The van der Waals surface area contributed by atoms with E-state index in [0.717, 1.165) is 37.1 Å². The van der Waals surface area contributed by atoms with E-state index in [0.29, 0.717) is 6.04 Å². The first-order chi connectivity index (χ1) is 8.88. The molecule has 1 saturated heterocycles. The zero-order valence-electron chi connectivity index (χ0n) is 10.5. The number of H-pyrrole nitrogens is 1. The van der Waals surface area contributed by atoms with E-state index in [2.05, 4.69) is 38.6 Å². The monoisotopic (exact) mass is 246 g/mol. The van der Waals surface area contributed by atoms with E-state index < -0.39 is 0 Å². The van der Waals surface area contributed by atoms with Crippen LogP contribution in [0, 0.1) is 0 Å². The summed E-state index contributed by atoms with van der Waals surface area (Å²) in [6.45, 7) is 3.74. The highest BCUT2D eigenvalue weighted by Gasteiger charge is 2.22. The second-order valence-corrected chi connectivity index (χ2v) is 4.65. The van der Waals surface area contributed by atoms with Crippen molar-refractivity contribution in [3.05, 3.63) is 24.4 Å². The van der Waals surface area contributed by atoms with Crippen molar-refractivity contribution in [2.45, 2.75) is 6.04 Å². The smallest absolute Gasteiger partial charge is 0.0678 e. The molecule has 2 N–H and O–H groups in total. The molecule has 0 radical (unpaired) electrons. The topological polar surface area (TPSA) is 53.2 Å². The largest absolute Gasteiger partial charge is 0.383 e. The zero-order chi connectivity index (χ0) is 12.4. The van der Waals surface area contributed by atoms with Gasteiger partial charge < -0.3 is 15.0 Å². The van der Waals surface area contributed by atoms with Crippen LogP contribution in [0.5, 0.6) is 0 Å². The van der Waals surface area contributed by atoms with E-state index in [1.807, 2.05) is 6.20 Å². The SMILES string of the molecule is COCC1CNCCN1c1ccc2[nH]ncc2c1. The van der Waals surface area contributed by atoms with Gasteiger partial charge in [0, 0.05) is 37.8 Å². The molecule has 1 aliphatic heterocycles. The first-order valence-electron chi connectivity index (χ1n) is 6.28. The molecule has 1 atom stereocenters. The molecule has 96 valence electrons. The van der Waals surface area contributed by atoms with Gasteiger partial charge in [-0.25, -0.2) is 0 Å². The minimum Gasteiger partial charge on any atom is -0.383 e. The van der Waals surface area contributed by atoms with Gasteiger partial charge in [0.2, 0.25) is 0 Å². The fourth-order valence-corrected chi connectivity index (χ4v) is 2.55. The summed E-state index contributed by atoms with van der Waals surface area (Å²) in [5.74, 6) is 0. The number of aromatic amines is 1. The normalized spacial score (nSPS) is 20.5. The molecule has 18 heavy (non-hydrogen) atoms. The number of aromatic nitrogens is 2. The summed E-state index contributed by atoms with van der Waals surface area (Å²) in [6, 6.07) is 6.82. The van der Waals surface area contributed by atoms with Gasteiger partial charge >= 0.3 is 0 Å². The standard InChI is InChI=1S/C13H18N4O/c1-18-9-12-8-14-4-5-17(12)11-2-3-13-10(6-11)7-15-16-13/h2-3,6-7,12,14H,4-5,8-9H2,1H3,(H,15,16). The van der Waals surface area contributed by atoms with E-state index in [4.69, 9.17) is 4.74 Å². The van der Waals surface area contributed by atoms with Gasteiger partial charge in [0.1, 0.15) is 0 Å². The molecule has 0 spiro atoms.